The number of amides is 1. The third-order valence-corrected chi connectivity index (χ3v) is 4.72. The van der Waals surface area contributed by atoms with Crippen LogP contribution in [-0.4, -0.2) is 33.8 Å². The van der Waals surface area contributed by atoms with Crippen LogP contribution in [0.3, 0.4) is 0 Å². The van der Waals surface area contributed by atoms with E-state index in [1.165, 1.54) is 37.1 Å². The highest BCUT2D eigenvalue weighted by molar-refractivity contribution is 5.97. The van der Waals surface area contributed by atoms with Crippen molar-refractivity contribution in [2.45, 2.75) is 32.5 Å². The van der Waals surface area contributed by atoms with Gasteiger partial charge in [-0.05, 0) is 49.2 Å². The van der Waals surface area contributed by atoms with Gasteiger partial charge in [-0.15, -0.1) is 0 Å². The summed E-state index contributed by atoms with van der Waals surface area (Å²) in [7, 11) is 0. The molecule has 1 aromatic heterocycles. The van der Waals surface area contributed by atoms with Crippen molar-refractivity contribution in [3.05, 3.63) is 65.0 Å². The van der Waals surface area contributed by atoms with Gasteiger partial charge in [-0.25, -0.2) is 0 Å². The third kappa shape index (κ3) is 2.99. The summed E-state index contributed by atoms with van der Waals surface area (Å²) >= 11 is 0. The van der Waals surface area contributed by atoms with Gasteiger partial charge < -0.3 is 4.90 Å². The fourth-order valence-electron chi connectivity index (χ4n) is 3.56. The Bertz CT molecular complexity index is 722. The average molecular weight is 307 g/mol. The number of carbonyl (C=O) groups is 1. The Kier molecular flexibility index (Phi) is 3.83. The number of fused-ring (bicyclic) bond motifs is 1. The molecule has 2 aliphatic rings. The van der Waals surface area contributed by atoms with Crippen molar-refractivity contribution in [1.82, 2.24) is 14.8 Å². The number of carbonyl (C=O) groups excluding carboxylic acids is 1. The number of aromatic nitrogens is 1. The molecule has 1 saturated heterocycles. The van der Waals surface area contributed by atoms with Crippen molar-refractivity contribution in [3.63, 3.8) is 0 Å². The number of nitrogens with zero attached hydrogens (tertiary/aromatic N) is 3. The lowest BCUT2D eigenvalue weighted by Crippen LogP contribution is -2.23. The van der Waals surface area contributed by atoms with Crippen LogP contribution in [0.15, 0.2) is 42.6 Å². The Morgan fingerprint density at radius 2 is 1.78 bits per heavy atom. The zero-order valence-electron chi connectivity index (χ0n) is 13.2. The minimum absolute atomic E-state index is 0.0954. The molecule has 4 rings (SSSR count). The minimum Gasteiger partial charge on any atom is -0.328 e. The third-order valence-electron chi connectivity index (χ3n) is 4.72. The largest absolute Gasteiger partial charge is 0.328 e. The normalized spacial score (nSPS) is 17.7. The summed E-state index contributed by atoms with van der Waals surface area (Å²) in [4.78, 5) is 21.1. The Labute approximate surface area is 136 Å². The van der Waals surface area contributed by atoms with Crippen molar-refractivity contribution in [3.8, 4) is 0 Å². The van der Waals surface area contributed by atoms with Gasteiger partial charge in [0.25, 0.3) is 5.91 Å². The highest BCUT2D eigenvalue weighted by Gasteiger charge is 2.27. The van der Waals surface area contributed by atoms with Crippen molar-refractivity contribution in [2.75, 3.05) is 13.1 Å². The number of pyridine rings is 1. The summed E-state index contributed by atoms with van der Waals surface area (Å²) in [6, 6.07) is 12.3. The maximum absolute atomic E-state index is 12.4. The standard InChI is InChI=1S/C19H21N3O/c23-19-17-7-4-8-20-18(17)14-22(19)13-16-6-3-5-15(11-16)12-21-9-1-2-10-21/h3-8,11H,1-2,9-10,12-14H2. The Morgan fingerprint density at radius 1 is 1.00 bits per heavy atom. The van der Waals surface area contributed by atoms with Gasteiger partial charge in [0, 0.05) is 19.3 Å². The summed E-state index contributed by atoms with van der Waals surface area (Å²) in [5.74, 6) is 0.0954. The number of rotatable bonds is 4. The van der Waals surface area contributed by atoms with Gasteiger partial charge in [0.05, 0.1) is 17.8 Å². The van der Waals surface area contributed by atoms with E-state index in [1.54, 1.807) is 6.20 Å². The topological polar surface area (TPSA) is 36.4 Å². The molecule has 2 aliphatic heterocycles. The molecule has 0 radical (unpaired) electrons. The van der Waals surface area contributed by atoms with Crippen molar-refractivity contribution in [2.24, 2.45) is 0 Å². The van der Waals surface area contributed by atoms with E-state index < -0.39 is 0 Å². The zero-order valence-corrected chi connectivity index (χ0v) is 13.2. The van der Waals surface area contributed by atoms with E-state index in [1.807, 2.05) is 17.0 Å². The summed E-state index contributed by atoms with van der Waals surface area (Å²) in [5, 5.41) is 0. The molecule has 3 heterocycles. The highest BCUT2D eigenvalue weighted by atomic mass is 16.2. The van der Waals surface area contributed by atoms with Crippen LogP contribution in [0.5, 0.6) is 0 Å². The average Bonchev–Trinajstić information content (AvgIpc) is 3.17. The Balaban J connectivity index is 1.46. The van der Waals surface area contributed by atoms with Crippen LogP contribution in [-0.2, 0) is 19.6 Å². The van der Waals surface area contributed by atoms with Crippen LogP contribution >= 0.6 is 0 Å². The molecule has 118 valence electrons. The number of hydrogen-bond donors (Lipinski definition) is 0. The number of likely N-dealkylation sites (tertiary alicyclic amines) is 1. The fourth-order valence-corrected chi connectivity index (χ4v) is 3.56. The van der Waals surface area contributed by atoms with E-state index in [4.69, 9.17) is 0 Å². The fraction of sp³-hybridized carbons (Fsp3) is 0.368. The van der Waals surface area contributed by atoms with Crippen LogP contribution in [0, 0.1) is 0 Å². The molecule has 0 unspecified atom stereocenters. The molecule has 0 atom stereocenters. The predicted octanol–water partition coefficient (Wildman–Crippen LogP) is 2.83. The molecule has 23 heavy (non-hydrogen) atoms. The molecule has 2 aromatic rings. The van der Waals surface area contributed by atoms with E-state index in [0.29, 0.717) is 13.1 Å². The van der Waals surface area contributed by atoms with Gasteiger partial charge in [-0.3, -0.25) is 14.7 Å². The monoisotopic (exact) mass is 307 g/mol. The van der Waals surface area contributed by atoms with Crippen LogP contribution in [0.2, 0.25) is 0 Å². The molecule has 1 aromatic carbocycles. The van der Waals surface area contributed by atoms with Crippen molar-refractivity contribution in [1.29, 1.82) is 0 Å². The predicted molar refractivity (Wildman–Crippen MR) is 88.8 cm³/mol. The maximum Gasteiger partial charge on any atom is 0.256 e. The molecule has 1 fully saturated rings. The second-order valence-electron chi connectivity index (χ2n) is 6.46. The second-order valence-corrected chi connectivity index (χ2v) is 6.46. The Morgan fingerprint density at radius 3 is 2.57 bits per heavy atom. The maximum atomic E-state index is 12.4. The molecular weight excluding hydrogens is 286 g/mol. The molecule has 0 spiro atoms. The quantitative estimate of drug-likeness (QED) is 0.871. The summed E-state index contributed by atoms with van der Waals surface area (Å²) in [6.07, 6.45) is 4.38. The summed E-state index contributed by atoms with van der Waals surface area (Å²) in [5.41, 5.74) is 4.18. The van der Waals surface area contributed by atoms with E-state index in [0.717, 1.165) is 17.8 Å². The van der Waals surface area contributed by atoms with E-state index in [2.05, 4.69) is 34.1 Å². The van der Waals surface area contributed by atoms with Crippen molar-refractivity contribution < 1.29 is 4.79 Å². The van der Waals surface area contributed by atoms with Crippen LogP contribution in [0.4, 0.5) is 0 Å². The first-order valence-electron chi connectivity index (χ1n) is 8.33. The Hall–Kier alpha value is -2.20. The molecule has 1 amide bonds. The SMILES string of the molecule is O=C1c2cccnc2CN1Cc1cccc(CN2CCCC2)c1. The van der Waals surface area contributed by atoms with Crippen LogP contribution in [0.1, 0.15) is 40.0 Å². The zero-order chi connectivity index (χ0) is 15.6. The second kappa shape index (κ2) is 6.13. The van der Waals surface area contributed by atoms with Crippen LogP contribution < -0.4 is 0 Å². The highest BCUT2D eigenvalue weighted by Crippen LogP contribution is 2.23. The summed E-state index contributed by atoms with van der Waals surface area (Å²) < 4.78 is 0. The first-order chi connectivity index (χ1) is 11.3. The van der Waals surface area contributed by atoms with E-state index in [9.17, 15) is 4.79 Å². The first kappa shape index (κ1) is 14.4. The lowest BCUT2D eigenvalue weighted by molar-refractivity contribution is 0.0766. The van der Waals surface area contributed by atoms with Crippen molar-refractivity contribution >= 4 is 5.91 Å². The first-order valence-corrected chi connectivity index (χ1v) is 8.33. The summed E-state index contributed by atoms with van der Waals surface area (Å²) in [6.45, 7) is 4.70. The molecule has 0 N–H and O–H groups in total. The van der Waals surface area contributed by atoms with E-state index in [-0.39, 0.29) is 5.91 Å². The molecule has 0 aliphatic carbocycles. The van der Waals surface area contributed by atoms with Gasteiger partial charge in [0.2, 0.25) is 0 Å². The van der Waals surface area contributed by atoms with Gasteiger partial charge in [-0.2, -0.15) is 0 Å². The number of hydrogen-bond acceptors (Lipinski definition) is 3. The van der Waals surface area contributed by atoms with Gasteiger partial charge in [-0.1, -0.05) is 24.3 Å². The molecule has 4 nitrogen and oxygen atoms in total. The molecule has 0 saturated carbocycles. The minimum atomic E-state index is 0.0954. The smallest absolute Gasteiger partial charge is 0.256 e. The van der Waals surface area contributed by atoms with Gasteiger partial charge >= 0.3 is 0 Å². The lowest BCUT2D eigenvalue weighted by atomic mass is 10.1. The van der Waals surface area contributed by atoms with E-state index >= 15 is 0 Å². The lowest BCUT2D eigenvalue weighted by Gasteiger charge is -2.18. The molecule has 0 bridgehead atoms. The van der Waals surface area contributed by atoms with Gasteiger partial charge in [0.15, 0.2) is 0 Å². The number of benzene rings is 1. The molecule has 4 heteroatoms. The van der Waals surface area contributed by atoms with Gasteiger partial charge in [0.1, 0.15) is 0 Å². The molecular formula is C19H21N3O. The van der Waals surface area contributed by atoms with Crippen LogP contribution in [0.25, 0.3) is 0 Å².